The summed E-state index contributed by atoms with van der Waals surface area (Å²) in [6, 6.07) is -2.25. The van der Waals surface area contributed by atoms with Gasteiger partial charge in [-0.05, 0) is 13.8 Å². The van der Waals surface area contributed by atoms with E-state index in [0.29, 0.717) is 0 Å². The first kappa shape index (κ1) is 17.7. The SMILES string of the molecule is COC(=O)C[C@H](NC(=O)NC(C)(C)CC(N)=O)C(=O)O. The topological polar surface area (TPSA) is 148 Å². The fourth-order valence-corrected chi connectivity index (χ4v) is 1.43. The Bertz CT molecular complexity index is 407. The zero-order valence-electron chi connectivity index (χ0n) is 11.6. The molecule has 9 nitrogen and oxygen atoms in total. The maximum atomic E-state index is 11.6. The highest BCUT2D eigenvalue weighted by Crippen LogP contribution is 2.07. The van der Waals surface area contributed by atoms with Crippen LogP contribution in [0, 0.1) is 0 Å². The fourth-order valence-electron chi connectivity index (χ4n) is 1.43. The van der Waals surface area contributed by atoms with E-state index in [9.17, 15) is 19.2 Å². The molecular weight excluding hydrogens is 270 g/mol. The number of urea groups is 1. The third-order valence-electron chi connectivity index (χ3n) is 2.27. The van der Waals surface area contributed by atoms with Gasteiger partial charge in [0.2, 0.25) is 5.91 Å². The third kappa shape index (κ3) is 7.19. The van der Waals surface area contributed by atoms with E-state index >= 15 is 0 Å². The first-order chi connectivity index (χ1) is 9.07. The van der Waals surface area contributed by atoms with Crippen LogP contribution in [-0.2, 0) is 19.1 Å². The van der Waals surface area contributed by atoms with Crippen LogP contribution in [0.3, 0.4) is 0 Å². The zero-order chi connectivity index (χ0) is 15.9. The largest absolute Gasteiger partial charge is 0.480 e. The van der Waals surface area contributed by atoms with Crippen molar-refractivity contribution in [3.05, 3.63) is 0 Å². The van der Waals surface area contributed by atoms with Crippen molar-refractivity contribution in [2.45, 2.75) is 38.3 Å². The Morgan fingerprint density at radius 1 is 1.30 bits per heavy atom. The van der Waals surface area contributed by atoms with Crippen molar-refractivity contribution in [1.29, 1.82) is 0 Å². The number of nitrogens with two attached hydrogens (primary N) is 1. The number of hydrogen-bond donors (Lipinski definition) is 4. The quantitative estimate of drug-likeness (QED) is 0.440. The van der Waals surface area contributed by atoms with Gasteiger partial charge in [0.15, 0.2) is 0 Å². The number of hydrogen-bond acceptors (Lipinski definition) is 5. The number of rotatable bonds is 7. The molecule has 1 atom stereocenters. The molecule has 0 aromatic rings. The van der Waals surface area contributed by atoms with Gasteiger partial charge in [-0.15, -0.1) is 0 Å². The summed E-state index contributed by atoms with van der Waals surface area (Å²) in [6.45, 7) is 3.10. The highest BCUT2D eigenvalue weighted by Gasteiger charge is 2.27. The van der Waals surface area contributed by atoms with E-state index in [0.717, 1.165) is 7.11 Å². The summed E-state index contributed by atoms with van der Waals surface area (Å²) in [5.41, 5.74) is 4.08. The van der Waals surface area contributed by atoms with E-state index in [4.69, 9.17) is 10.8 Å². The molecule has 0 bridgehead atoms. The summed E-state index contributed by atoms with van der Waals surface area (Å²) in [6.07, 6.45) is -0.620. The fraction of sp³-hybridized carbons (Fsp3) is 0.636. The third-order valence-corrected chi connectivity index (χ3v) is 2.27. The first-order valence-corrected chi connectivity index (χ1v) is 5.74. The van der Waals surface area contributed by atoms with Gasteiger partial charge >= 0.3 is 18.0 Å². The lowest BCUT2D eigenvalue weighted by Gasteiger charge is -2.25. The highest BCUT2D eigenvalue weighted by atomic mass is 16.5. The van der Waals surface area contributed by atoms with Crippen molar-refractivity contribution in [2.75, 3.05) is 7.11 Å². The summed E-state index contributed by atoms with van der Waals surface area (Å²) >= 11 is 0. The Morgan fingerprint density at radius 3 is 2.25 bits per heavy atom. The van der Waals surface area contributed by atoms with Gasteiger partial charge in [0.1, 0.15) is 6.04 Å². The molecule has 9 heteroatoms. The Labute approximate surface area is 115 Å². The Balaban J connectivity index is 4.57. The lowest BCUT2D eigenvalue weighted by atomic mass is 10.0. The second-order valence-corrected chi connectivity index (χ2v) is 4.80. The molecule has 0 aliphatic carbocycles. The van der Waals surface area contributed by atoms with Crippen LogP contribution in [0.4, 0.5) is 4.79 Å². The Hall–Kier alpha value is -2.32. The van der Waals surface area contributed by atoms with Gasteiger partial charge in [-0.25, -0.2) is 9.59 Å². The van der Waals surface area contributed by atoms with Crippen LogP contribution < -0.4 is 16.4 Å². The van der Waals surface area contributed by atoms with Gasteiger partial charge in [0, 0.05) is 12.0 Å². The molecule has 0 radical (unpaired) electrons. The Kier molecular flexibility index (Phi) is 6.47. The van der Waals surface area contributed by atoms with Crippen molar-refractivity contribution < 1.29 is 29.0 Å². The molecular formula is C11H19N3O6. The zero-order valence-corrected chi connectivity index (χ0v) is 11.6. The summed E-state index contributed by atoms with van der Waals surface area (Å²) < 4.78 is 4.33. The van der Waals surface area contributed by atoms with Crippen molar-refractivity contribution in [3.8, 4) is 0 Å². The van der Waals surface area contributed by atoms with E-state index in [1.807, 2.05) is 0 Å². The molecule has 0 saturated carbocycles. The van der Waals surface area contributed by atoms with Crippen LogP contribution in [0.2, 0.25) is 0 Å². The number of nitrogens with one attached hydrogen (secondary N) is 2. The molecule has 0 aromatic carbocycles. The van der Waals surface area contributed by atoms with Gasteiger partial charge in [-0.3, -0.25) is 9.59 Å². The maximum absolute atomic E-state index is 11.6. The van der Waals surface area contributed by atoms with Crippen LogP contribution >= 0.6 is 0 Å². The van der Waals surface area contributed by atoms with Crippen LogP contribution in [0.15, 0.2) is 0 Å². The molecule has 0 aliphatic rings. The minimum Gasteiger partial charge on any atom is -0.480 e. The lowest BCUT2D eigenvalue weighted by molar-refractivity contribution is -0.147. The van der Waals surface area contributed by atoms with E-state index < -0.39 is 41.9 Å². The van der Waals surface area contributed by atoms with E-state index in [1.54, 1.807) is 13.8 Å². The summed E-state index contributed by atoms with van der Waals surface area (Å²) in [7, 11) is 1.11. The molecule has 3 amide bonds. The van der Waals surface area contributed by atoms with Crippen LogP contribution in [0.5, 0.6) is 0 Å². The van der Waals surface area contributed by atoms with Crippen molar-refractivity contribution in [3.63, 3.8) is 0 Å². The molecule has 0 rings (SSSR count). The predicted molar refractivity (Wildman–Crippen MR) is 67.6 cm³/mol. The van der Waals surface area contributed by atoms with Crippen LogP contribution in [0.1, 0.15) is 26.7 Å². The number of carbonyl (C=O) groups excluding carboxylic acids is 3. The molecule has 0 spiro atoms. The monoisotopic (exact) mass is 289 g/mol. The first-order valence-electron chi connectivity index (χ1n) is 5.74. The number of methoxy groups -OCH3 is 1. The lowest BCUT2D eigenvalue weighted by Crippen LogP contribution is -2.54. The van der Waals surface area contributed by atoms with Crippen molar-refractivity contribution in [1.82, 2.24) is 10.6 Å². The average molecular weight is 289 g/mol. The molecule has 20 heavy (non-hydrogen) atoms. The number of ether oxygens (including phenoxy) is 1. The van der Waals surface area contributed by atoms with Crippen molar-refractivity contribution >= 4 is 23.9 Å². The standard InChI is InChI=1S/C11H19N3O6/c1-11(2,5-7(12)15)14-10(19)13-6(9(17)18)4-8(16)20-3/h6H,4-5H2,1-3H3,(H2,12,15)(H,17,18)(H2,13,14,19)/t6-/m0/s1. The molecule has 0 aliphatic heterocycles. The van der Waals surface area contributed by atoms with E-state index in [-0.39, 0.29) is 6.42 Å². The number of amides is 3. The minimum atomic E-state index is -1.42. The number of carboxylic acid groups (broad SMARTS) is 1. The van der Waals surface area contributed by atoms with Crippen LogP contribution in [-0.4, -0.2) is 47.7 Å². The normalized spacial score (nSPS) is 12.2. The molecule has 0 heterocycles. The molecule has 0 unspecified atom stereocenters. The maximum Gasteiger partial charge on any atom is 0.326 e. The average Bonchev–Trinajstić information content (AvgIpc) is 2.24. The number of esters is 1. The van der Waals surface area contributed by atoms with Gasteiger partial charge < -0.3 is 26.2 Å². The van der Waals surface area contributed by atoms with Gasteiger partial charge in [-0.1, -0.05) is 0 Å². The molecule has 114 valence electrons. The number of carbonyl (C=O) groups is 4. The Morgan fingerprint density at radius 2 is 1.85 bits per heavy atom. The van der Waals surface area contributed by atoms with Crippen molar-refractivity contribution in [2.24, 2.45) is 5.73 Å². The number of aliphatic carboxylic acids is 1. The number of primary amides is 1. The predicted octanol–water partition coefficient (Wildman–Crippen LogP) is -1.04. The summed E-state index contributed by atoms with van der Waals surface area (Å²) in [5, 5.41) is 13.4. The molecule has 0 aromatic heterocycles. The van der Waals surface area contributed by atoms with E-state index in [2.05, 4.69) is 15.4 Å². The summed E-state index contributed by atoms with van der Waals surface area (Å²) in [4.78, 5) is 44.4. The minimum absolute atomic E-state index is 0.116. The molecule has 0 saturated heterocycles. The summed E-state index contributed by atoms with van der Waals surface area (Å²) in [5.74, 6) is -2.76. The highest BCUT2D eigenvalue weighted by molar-refractivity contribution is 5.87. The molecule has 5 N–H and O–H groups in total. The second-order valence-electron chi connectivity index (χ2n) is 4.80. The molecule has 0 fully saturated rings. The smallest absolute Gasteiger partial charge is 0.326 e. The second kappa shape index (κ2) is 7.31. The van der Waals surface area contributed by atoms with Gasteiger partial charge in [0.05, 0.1) is 13.5 Å². The number of carboxylic acids is 1. The van der Waals surface area contributed by atoms with Crippen LogP contribution in [0.25, 0.3) is 0 Å². The van der Waals surface area contributed by atoms with E-state index in [1.165, 1.54) is 0 Å². The van der Waals surface area contributed by atoms with Gasteiger partial charge in [-0.2, -0.15) is 0 Å². The van der Waals surface area contributed by atoms with Gasteiger partial charge in [0.25, 0.3) is 0 Å².